The van der Waals surface area contributed by atoms with Gasteiger partial charge >= 0.3 is 6.03 Å². The Morgan fingerprint density at radius 1 is 1.12 bits per heavy atom. The molecule has 2 aromatic rings. The quantitative estimate of drug-likeness (QED) is 0.724. The highest BCUT2D eigenvalue weighted by atomic mass is 32.2. The molecule has 0 fully saturated rings. The number of nitrogens with zero attached hydrogens (tertiary/aromatic N) is 2. The number of hydrogen-bond acceptors (Lipinski definition) is 4. The molecule has 0 aliphatic heterocycles. The first kappa shape index (κ1) is 19.8. The molecule has 0 unspecified atom stereocenters. The van der Waals surface area contributed by atoms with Gasteiger partial charge in [-0.05, 0) is 35.9 Å². The molecular weight excluding hydrogens is 348 g/mol. The van der Waals surface area contributed by atoms with E-state index in [0.29, 0.717) is 5.69 Å². The van der Waals surface area contributed by atoms with E-state index in [2.05, 4.69) is 22.5 Å². The van der Waals surface area contributed by atoms with E-state index in [4.69, 9.17) is 0 Å². The summed E-state index contributed by atoms with van der Waals surface area (Å²) in [6.07, 6.45) is 2.44. The first-order valence-electron chi connectivity index (χ1n) is 8.52. The van der Waals surface area contributed by atoms with Crippen LogP contribution in [0.25, 0.3) is 0 Å². The number of amides is 3. The summed E-state index contributed by atoms with van der Waals surface area (Å²) in [7, 11) is 1.58. The van der Waals surface area contributed by atoms with Crippen LogP contribution in [0.2, 0.25) is 0 Å². The fraction of sp³-hybridized carbons (Fsp3) is 0.316. The van der Waals surface area contributed by atoms with E-state index in [0.717, 1.165) is 28.5 Å². The SMILES string of the molecule is CCSc1ccc(NC(=O)N(C)CC(=O)Nc2ccccc2CC)cn1. The summed E-state index contributed by atoms with van der Waals surface area (Å²) in [5, 5.41) is 6.50. The molecule has 0 atom stereocenters. The van der Waals surface area contributed by atoms with Gasteiger partial charge in [0, 0.05) is 12.7 Å². The molecule has 1 aromatic heterocycles. The van der Waals surface area contributed by atoms with Gasteiger partial charge in [-0.25, -0.2) is 9.78 Å². The lowest BCUT2D eigenvalue weighted by molar-refractivity contribution is -0.116. The van der Waals surface area contributed by atoms with Gasteiger partial charge in [0.05, 0.1) is 16.9 Å². The van der Waals surface area contributed by atoms with Gasteiger partial charge in [-0.2, -0.15) is 0 Å². The lowest BCUT2D eigenvalue weighted by Gasteiger charge is -2.18. The van der Waals surface area contributed by atoms with Crippen molar-refractivity contribution < 1.29 is 9.59 Å². The van der Waals surface area contributed by atoms with Gasteiger partial charge in [-0.1, -0.05) is 32.0 Å². The van der Waals surface area contributed by atoms with Crippen molar-refractivity contribution in [3.63, 3.8) is 0 Å². The Kier molecular flexibility index (Phi) is 7.47. The summed E-state index contributed by atoms with van der Waals surface area (Å²) < 4.78 is 0. The maximum atomic E-state index is 12.2. The highest BCUT2D eigenvalue weighted by Crippen LogP contribution is 2.17. The summed E-state index contributed by atoms with van der Waals surface area (Å²) in [6, 6.07) is 10.9. The van der Waals surface area contributed by atoms with E-state index >= 15 is 0 Å². The summed E-state index contributed by atoms with van der Waals surface area (Å²) in [5.74, 6) is 0.703. The number of para-hydroxylation sites is 1. The average molecular weight is 372 g/mol. The molecule has 1 heterocycles. The highest BCUT2D eigenvalue weighted by Gasteiger charge is 2.14. The number of thioether (sulfide) groups is 1. The summed E-state index contributed by atoms with van der Waals surface area (Å²) in [6.45, 7) is 4.05. The zero-order chi connectivity index (χ0) is 18.9. The molecule has 26 heavy (non-hydrogen) atoms. The monoisotopic (exact) mass is 372 g/mol. The molecule has 3 amide bonds. The highest BCUT2D eigenvalue weighted by molar-refractivity contribution is 7.99. The van der Waals surface area contributed by atoms with Crippen molar-refractivity contribution in [2.75, 3.05) is 30.0 Å². The fourth-order valence-electron chi connectivity index (χ4n) is 2.33. The zero-order valence-corrected chi connectivity index (χ0v) is 16.1. The smallest absolute Gasteiger partial charge is 0.322 e. The lowest BCUT2D eigenvalue weighted by Crippen LogP contribution is -2.37. The maximum Gasteiger partial charge on any atom is 0.322 e. The maximum absolute atomic E-state index is 12.2. The van der Waals surface area contributed by atoms with Gasteiger partial charge < -0.3 is 15.5 Å². The number of carbonyl (C=O) groups is 2. The Morgan fingerprint density at radius 2 is 1.88 bits per heavy atom. The molecule has 0 bridgehead atoms. The minimum atomic E-state index is -0.360. The number of aryl methyl sites for hydroxylation is 1. The van der Waals surface area contributed by atoms with Crippen LogP contribution in [0.5, 0.6) is 0 Å². The number of nitrogens with one attached hydrogen (secondary N) is 2. The zero-order valence-electron chi connectivity index (χ0n) is 15.3. The number of likely N-dealkylation sites (N-methyl/N-ethyl adjacent to an activating group) is 1. The second-order valence-corrected chi connectivity index (χ2v) is 6.95. The van der Waals surface area contributed by atoms with Crippen LogP contribution in [0.15, 0.2) is 47.6 Å². The van der Waals surface area contributed by atoms with E-state index in [9.17, 15) is 9.59 Å². The van der Waals surface area contributed by atoms with Crippen LogP contribution >= 0.6 is 11.8 Å². The molecule has 0 spiro atoms. The average Bonchev–Trinajstić information content (AvgIpc) is 2.63. The van der Waals surface area contributed by atoms with Gasteiger partial charge in [-0.3, -0.25) is 4.79 Å². The van der Waals surface area contributed by atoms with Crippen molar-refractivity contribution in [3.8, 4) is 0 Å². The van der Waals surface area contributed by atoms with Crippen LogP contribution in [0.4, 0.5) is 16.2 Å². The standard InChI is InChI=1S/C19H24N4O2S/c1-4-14-8-6-7-9-16(14)22-17(24)13-23(3)19(25)21-15-10-11-18(20-12-15)26-5-2/h6-12H,4-5,13H2,1-3H3,(H,21,25)(H,22,24). The third-order valence-corrected chi connectivity index (χ3v) is 4.51. The van der Waals surface area contributed by atoms with Crippen molar-refractivity contribution in [2.24, 2.45) is 0 Å². The van der Waals surface area contributed by atoms with Crippen molar-refractivity contribution in [3.05, 3.63) is 48.2 Å². The number of anilines is 2. The minimum Gasteiger partial charge on any atom is -0.324 e. The summed E-state index contributed by atoms with van der Waals surface area (Å²) in [4.78, 5) is 30.1. The molecule has 0 radical (unpaired) electrons. The van der Waals surface area contributed by atoms with E-state index in [1.165, 1.54) is 4.90 Å². The van der Waals surface area contributed by atoms with Crippen molar-refractivity contribution in [1.82, 2.24) is 9.88 Å². The molecule has 0 aliphatic carbocycles. The lowest BCUT2D eigenvalue weighted by atomic mass is 10.1. The molecular formula is C19H24N4O2S. The van der Waals surface area contributed by atoms with Crippen molar-refractivity contribution in [1.29, 1.82) is 0 Å². The molecule has 1 aromatic carbocycles. The van der Waals surface area contributed by atoms with Gasteiger partial charge in [0.1, 0.15) is 6.54 Å². The van der Waals surface area contributed by atoms with Crippen LogP contribution in [-0.4, -0.2) is 41.2 Å². The van der Waals surface area contributed by atoms with Gasteiger partial charge in [0.15, 0.2) is 0 Å². The molecule has 2 rings (SSSR count). The Balaban J connectivity index is 1.88. The third-order valence-electron chi connectivity index (χ3n) is 3.68. The predicted octanol–water partition coefficient (Wildman–Crippen LogP) is 3.86. The number of carbonyl (C=O) groups excluding carboxylic acids is 2. The normalized spacial score (nSPS) is 10.3. The number of benzene rings is 1. The fourth-order valence-corrected chi connectivity index (χ4v) is 2.92. The van der Waals surface area contributed by atoms with Crippen LogP contribution in [0.1, 0.15) is 19.4 Å². The Morgan fingerprint density at radius 3 is 2.54 bits per heavy atom. The number of urea groups is 1. The largest absolute Gasteiger partial charge is 0.324 e. The van der Waals surface area contributed by atoms with Crippen molar-refractivity contribution >= 4 is 35.1 Å². The van der Waals surface area contributed by atoms with Crippen LogP contribution in [0, 0.1) is 0 Å². The molecule has 138 valence electrons. The van der Waals surface area contributed by atoms with E-state index in [1.807, 2.05) is 37.3 Å². The van der Waals surface area contributed by atoms with Crippen molar-refractivity contribution in [2.45, 2.75) is 25.3 Å². The van der Waals surface area contributed by atoms with Crippen LogP contribution in [-0.2, 0) is 11.2 Å². The van der Waals surface area contributed by atoms with E-state index in [-0.39, 0.29) is 18.5 Å². The van der Waals surface area contributed by atoms with E-state index in [1.54, 1.807) is 31.1 Å². The molecule has 0 saturated carbocycles. The number of pyridine rings is 1. The minimum absolute atomic E-state index is 0.0406. The molecule has 2 N–H and O–H groups in total. The molecule has 0 aliphatic rings. The number of aromatic nitrogens is 1. The van der Waals surface area contributed by atoms with E-state index < -0.39 is 0 Å². The van der Waals surface area contributed by atoms with Crippen LogP contribution < -0.4 is 10.6 Å². The predicted molar refractivity (Wildman–Crippen MR) is 107 cm³/mol. The summed E-state index contributed by atoms with van der Waals surface area (Å²) >= 11 is 1.63. The third kappa shape index (κ3) is 5.77. The first-order valence-corrected chi connectivity index (χ1v) is 9.50. The Labute approximate surface area is 158 Å². The second kappa shape index (κ2) is 9.82. The van der Waals surface area contributed by atoms with Crippen LogP contribution in [0.3, 0.4) is 0 Å². The summed E-state index contributed by atoms with van der Waals surface area (Å²) in [5.41, 5.74) is 2.44. The van der Waals surface area contributed by atoms with Gasteiger partial charge in [0.25, 0.3) is 0 Å². The Bertz CT molecular complexity index is 749. The second-order valence-electron chi connectivity index (χ2n) is 5.66. The van der Waals surface area contributed by atoms with Gasteiger partial charge in [-0.15, -0.1) is 11.8 Å². The molecule has 6 nitrogen and oxygen atoms in total. The molecule has 7 heteroatoms. The van der Waals surface area contributed by atoms with Gasteiger partial charge in [0.2, 0.25) is 5.91 Å². The Hall–Kier alpha value is -2.54. The topological polar surface area (TPSA) is 74.3 Å². The number of hydrogen-bond donors (Lipinski definition) is 2. The first-order chi connectivity index (χ1) is 12.5. The number of rotatable bonds is 7. The molecule has 0 saturated heterocycles.